The van der Waals surface area contributed by atoms with Gasteiger partial charge in [0, 0.05) is 12.4 Å². The van der Waals surface area contributed by atoms with E-state index in [0.717, 1.165) is 4.57 Å². The third-order valence-corrected chi connectivity index (χ3v) is 3.62. The number of nitrogens with zero attached hydrogens (tertiary/aromatic N) is 4. The number of ether oxygens (including phenoxy) is 1. The van der Waals surface area contributed by atoms with Gasteiger partial charge in [-0.25, -0.2) is 9.18 Å². The van der Waals surface area contributed by atoms with E-state index in [0.29, 0.717) is 0 Å². The van der Waals surface area contributed by atoms with Crippen LogP contribution in [-0.4, -0.2) is 60.9 Å². The summed E-state index contributed by atoms with van der Waals surface area (Å²) < 4.78 is 20.0. The number of anilines is 1. The summed E-state index contributed by atoms with van der Waals surface area (Å²) in [5, 5.41) is 28.2. The van der Waals surface area contributed by atoms with Crippen LogP contribution in [0.5, 0.6) is 0 Å². The number of aromatic nitrogens is 4. The highest BCUT2D eigenvalue weighted by molar-refractivity contribution is 6.02. The van der Waals surface area contributed by atoms with Gasteiger partial charge in [0.2, 0.25) is 0 Å². The third kappa shape index (κ3) is 3.38. The second-order valence-corrected chi connectivity index (χ2v) is 5.25. The number of nitrogens with one attached hydrogen (secondary N) is 1. The predicted molar refractivity (Wildman–Crippen MR) is 80.4 cm³/mol. The van der Waals surface area contributed by atoms with Crippen LogP contribution in [0.4, 0.5) is 10.2 Å². The van der Waals surface area contributed by atoms with Gasteiger partial charge in [-0.15, -0.1) is 5.10 Å². The molecule has 3 heterocycles. The molecule has 1 fully saturated rings. The zero-order valence-electron chi connectivity index (χ0n) is 12.7. The minimum absolute atomic E-state index is 0.0327. The number of aliphatic hydroxyl groups is 2. The summed E-state index contributed by atoms with van der Waals surface area (Å²) >= 11 is 0. The maximum atomic E-state index is 14.1. The van der Waals surface area contributed by atoms with Crippen LogP contribution in [0, 0.1) is 0 Å². The number of hydrogen-bond acceptors (Lipinski definition) is 8. The maximum Gasteiger partial charge on any atom is 0.351 e. The maximum absolute atomic E-state index is 14.1. The first-order chi connectivity index (χ1) is 12.0. The van der Waals surface area contributed by atoms with Gasteiger partial charge < -0.3 is 20.3 Å². The van der Waals surface area contributed by atoms with Crippen LogP contribution in [0.1, 0.15) is 16.7 Å². The average molecular weight is 351 g/mol. The van der Waals surface area contributed by atoms with E-state index in [4.69, 9.17) is 9.84 Å². The van der Waals surface area contributed by atoms with Crippen molar-refractivity contribution in [2.75, 3.05) is 11.9 Å². The smallest absolute Gasteiger partial charge is 0.351 e. The Morgan fingerprint density at radius 1 is 1.44 bits per heavy atom. The molecule has 132 valence electrons. The molecule has 2 aromatic heterocycles. The first-order valence-electron chi connectivity index (χ1n) is 7.28. The van der Waals surface area contributed by atoms with Gasteiger partial charge in [-0.1, -0.05) is 0 Å². The monoisotopic (exact) mass is 351 g/mol. The Kier molecular flexibility index (Phi) is 4.79. The lowest BCUT2D eigenvalue weighted by Gasteiger charge is -2.16. The number of rotatable bonds is 4. The van der Waals surface area contributed by atoms with Crippen LogP contribution >= 0.6 is 0 Å². The van der Waals surface area contributed by atoms with Crippen LogP contribution in [0.3, 0.4) is 0 Å². The van der Waals surface area contributed by atoms with Crippen LogP contribution in [0.25, 0.3) is 0 Å². The third-order valence-electron chi connectivity index (χ3n) is 3.62. The van der Waals surface area contributed by atoms with Gasteiger partial charge in [-0.2, -0.15) is 10.1 Å². The second-order valence-electron chi connectivity index (χ2n) is 5.25. The Balaban J connectivity index is 1.78. The van der Waals surface area contributed by atoms with Crippen molar-refractivity contribution in [3.05, 3.63) is 46.8 Å². The van der Waals surface area contributed by atoms with E-state index >= 15 is 0 Å². The average Bonchev–Trinajstić information content (AvgIpc) is 2.91. The van der Waals surface area contributed by atoms with E-state index in [-0.39, 0.29) is 11.5 Å². The molecule has 2 aromatic rings. The van der Waals surface area contributed by atoms with Crippen molar-refractivity contribution in [1.29, 1.82) is 0 Å². The molecule has 11 heteroatoms. The van der Waals surface area contributed by atoms with E-state index in [1.165, 1.54) is 30.6 Å². The molecule has 0 radical (unpaired) electrons. The Bertz CT molecular complexity index is 817. The number of hydrogen-bond donors (Lipinski definition) is 3. The van der Waals surface area contributed by atoms with Gasteiger partial charge in [0.25, 0.3) is 5.91 Å². The van der Waals surface area contributed by atoms with Gasteiger partial charge in [-0.3, -0.25) is 9.36 Å². The SMILES string of the molecule is O=C(Nc1ccn([C@@H]2O[C@H](CO)[C@@H](O)[C@H]2F)c(=O)n1)c1cccnn1. The number of carbonyl (C=O) groups is 1. The van der Waals surface area contributed by atoms with E-state index in [9.17, 15) is 19.1 Å². The van der Waals surface area contributed by atoms with E-state index in [1.54, 1.807) is 0 Å². The van der Waals surface area contributed by atoms with Crippen molar-refractivity contribution >= 4 is 11.7 Å². The molecule has 3 rings (SSSR count). The number of carbonyl (C=O) groups excluding carboxylic acids is 1. The van der Waals surface area contributed by atoms with Crippen molar-refractivity contribution in [2.24, 2.45) is 0 Å². The molecule has 1 aliphatic heterocycles. The number of alkyl halides is 1. The first-order valence-corrected chi connectivity index (χ1v) is 7.28. The molecule has 0 bridgehead atoms. The predicted octanol–water partition coefficient (Wildman–Crippen LogP) is -1.13. The summed E-state index contributed by atoms with van der Waals surface area (Å²) in [5.41, 5.74) is -0.860. The minimum atomic E-state index is -1.91. The normalized spacial score (nSPS) is 25.7. The zero-order chi connectivity index (χ0) is 18.0. The Morgan fingerprint density at radius 2 is 2.24 bits per heavy atom. The van der Waals surface area contributed by atoms with Crippen molar-refractivity contribution < 1.29 is 24.1 Å². The fraction of sp³-hybridized carbons (Fsp3) is 0.357. The Hall–Kier alpha value is -2.76. The van der Waals surface area contributed by atoms with Crippen LogP contribution < -0.4 is 11.0 Å². The van der Waals surface area contributed by atoms with Crippen molar-refractivity contribution in [3.8, 4) is 0 Å². The highest BCUT2D eigenvalue weighted by Crippen LogP contribution is 2.30. The molecule has 0 aromatic carbocycles. The highest BCUT2D eigenvalue weighted by atomic mass is 19.1. The number of aliphatic hydroxyl groups excluding tert-OH is 2. The topological polar surface area (TPSA) is 139 Å². The van der Waals surface area contributed by atoms with Gasteiger partial charge >= 0.3 is 5.69 Å². The second kappa shape index (κ2) is 7.01. The molecular formula is C14H14FN5O5. The molecule has 3 N–H and O–H groups in total. The van der Waals surface area contributed by atoms with Gasteiger partial charge in [0.05, 0.1) is 6.61 Å². The van der Waals surface area contributed by atoms with Gasteiger partial charge in [0.1, 0.15) is 18.0 Å². The first kappa shape index (κ1) is 17.1. The summed E-state index contributed by atoms with van der Waals surface area (Å²) in [5.74, 6) is -0.682. The molecule has 0 spiro atoms. The lowest BCUT2D eigenvalue weighted by molar-refractivity contribution is -0.0490. The van der Waals surface area contributed by atoms with E-state index in [2.05, 4.69) is 20.5 Å². The Labute approximate surface area is 139 Å². The molecular weight excluding hydrogens is 337 g/mol. The minimum Gasteiger partial charge on any atom is -0.394 e. The molecule has 10 nitrogen and oxygen atoms in total. The molecule has 0 saturated carbocycles. The quantitative estimate of drug-likeness (QED) is 0.629. The zero-order valence-corrected chi connectivity index (χ0v) is 12.7. The van der Waals surface area contributed by atoms with Gasteiger partial charge in [-0.05, 0) is 18.2 Å². The van der Waals surface area contributed by atoms with Crippen LogP contribution in [-0.2, 0) is 4.74 Å². The lowest BCUT2D eigenvalue weighted by atomic mass is 10.1. The van der Waals surface area contributed by atoms with Crippen molar-refractivity contribution in [2.45, 2.75) is 24.6 Å². The standard InChI is InChI=1S/C14H14FN5O5/c15-10-11(22)8(6-21)25-13(10)20-5-3-9(18-14(20)24)17-12(23)7-2-1-4-16-19-7/h1-5,8,10-11,13,21-22H,6H2,(H,17,18,23,24)/t8-,10-,11-,13-/m1/s1. The Morgan fingerprint density at radius 3 is 2.84 bits per heavy atom. The van der Waals surface area contributed by atoms with Gasteiger partial charge in [0.15, 0.2) is 18.1 Å². The fourth-order valence-electron chi connectivity index (χ4n) is 2.36. The molecule has 1 aliphatic rings. The molecule has 1 amide bonds. The summed E-state index contributed by atoms with van der Waals surface area (Å²) in [7, 11) is 0. The lowest BCUT2D eigenvalue weighted by Crippen LogP contribution is -2.33. The van der Waals surface area contributed by atoms with E-state index < -0.39 is 42.8 Å². The molecule has 4 atom stereocenters. The largest absolute Gasteiger partial charge is 0.394 e. The summed E-state index contributed by atoms with van der Waals surface area (Å²) in [4.78, 5) is 27.6. The summed E-state index contributed by atoms with van der Waals surface area (Å²) in [6, 6.07) is 4.22. The molecule has 1 saturated heterocycles. The fourth-order valence-corrected chi connectivity index (χ4v) is 2.36. The molecule has 0 unspecified atom stereocenters. The highest BCUT2D eigenvalue weighted by Gasteiger charge is 2.45. The number of halogens is 1. The van der Waals surface area contributed by atoms with Crippen LogP contribution in [0.15, 0.2) is 35.4 Å². The van der Waals surface area contributed by atoms with E-state index in [1.807, 2.05) is 0 Å². The van der Waals surface area contributed by atoms with Crippen molar-refractivity contribution in [1.82, 2.24) is 19.7 Å². The molecule has 25 heavy (non-hydrogen) atoms. The summed E-state index contributed by atoms with van der Waals surface area (Å²) in [6.07, 6.45) is -3.45. The summed E-state index contributed by atoms with van der Waals surface area (Å²) in [6.45, 7) is -0.591. The molecule has 0 aliphatic carbocycles. The number of amides is 1. The van der Waals surface area contributed by atoms with Crippen LogP contribution in [0.2, 0.25) is 0 Å². The van der Waals surface area contributed by atoms with Crippen molar-refractivity contribution in [3.63, 3.8) is 0 Å².